The largest absolute Gasteiger partial charge is 0.481 e. The molecule has 1 aromatic rings. The second-order valence-corrected chi connectivity index (χ2v) is 4.71. The number of aliphatic carboxylic acids is 1. The summed E-state index contributed by atoms with van der Waals surface area (Å²) in [5.41, 5.74) is 0. The Bertz CT molecular complexity index is 447. The molecule has 0 bridgehead atoms. The molecule has 0 saturated carbocycles. The van der Waals surface area contributed by atoms with Gasteiger partial charge in [-0.15, -0.1) is 10.2 Å². The number of hydrogen-bond donors (Lipinski definition) is 1. The molecule has 1 atom stereocenters. The summed E-state index contributed by atoms with van der Waals surface area (Å²) in [7, 11) is 1.75. The van der Waals surface area contributed by atoms with Crippen molar-refractivity contribution in [3.8, 4) is 0 Å². The number of nitrogens with zero attached hydrogens (tertiary/aromatic N) is 4. The van der Waals surface area contributed by atoms with Gasteiger partial charge in [-0.25, -0.2) is 0 Å². The van der Waals surface area contributed by atoms with Gasteiger partial charge >= 0.3 is 5.97 Å². The van der Waals surface area contributed by atoms with Crippen LogP contribution in [0.15, 0.2) is 11.5 Å². The Morgan fingerprint density at radius 1 is 1.71 bits per heavy atom. The number of carboxylic acids is 1. The third-order valence-corrected chi connectivity index (χ3v) is 3.54. The molecule has 1 aliphatic rings. The van der Waals surface area contributed by atoms with Crippen molar-refractivity contribution in [1.29, 1.82) is 0 Å². The average molecular weight is 256 g/mol. The Labute approximate surface area is 102 Å². The molecule has 2 heterocycles. The van der Waals surface area contributed by atoms with Crippen molar-refractivity contribution in [3.05, 3.63) is 6.33 Å². The molecular weight excluding hydrogens is 244 g/mol. The lowest BCUT2D eigenvalue weighted by molar-refractivity contribution is -0.134. The summed E-state index contributed by atoms with van der Waals surface area (Å²) in [5.74, 6) is -0.989. The van der Waals surface area contributed by atoms with E-state index in [2.05, 4.69) is 10.2 Å². The van der Waals surface area contributed by atoms with E-state index in [0.29, 0.717) is 18.1 Å². The lowest BCUT2D eigenvalue weighted by atomic mass is 10.2. The van der Waals surface area contributed by atoms with E-state index < -0.39 is 5.97 Å². The van der Waals surface area contributed by atoms with E-state index in [4.69, 9.17) is 5.11 Å². The van der Waals surface area contributed by atoms with Crippen molar-refractivity contribution in [2.24, 2.45) is 0 Å². The summed E-state index contributed by atoms with van der Waals surface area (Å²) in [6.07, 6.45) is 2.18. The van der Waals surface area contributed by atoms with Crippen LogP contribution in [0.1, 0.15) is 12.5 Å². The molecule has 1 aliphatic heterocycles. The highest BCUT2D eigenvalue weighted by atomic mass is 32.2. The van der Waals surface area contributed by atoms with Crippen molar-refractivity contribution in [2.75, 3.05) is 19.3 Å². The minimum absolute atomic E-state index is 0.0157. The quantitative estimate of drug-likeness (QED) is 0.754. The fourth-order valence-electron chi connectivity index (χ4n) is 1.74. The first-order valence-corrected chi connectivity index (χ1v) is 6.07. The highest BCUT2D eigenvalue weighted by Gasteiger charge is 2.32. The summed E-state index contributed by atoms with van der Waals surface area (Å²) >= 11 is 1.07. The topological polar surface area (TPSA) is 88.3 Å². The molecule has 8 heteroatoms. The van der Waals surface area contributed by atoms with E-state index in [-0.39, 0.29) is 17.7 Å². The zero-order chi connectivity index (χ0) is 12.4. The smallest absolute Gasteiger partial charge is 0.313 e. The van der Waals surface area contributed by atoms with Crippen LogP contribution in [-0.4, -0.2) is 56.0 Å². The molecule has 1 aromatic heterocycles. The number of likely N-dealkylation sites (N-methyl/N-ethyl adjacent to an activating group) is 1. The molecule has 1 N–H and O–H groups in total. The number of amides is 1. The molecule has 0 aliphatic carbocycles. The van der Waals surface area contributed by atoms with Gasteiger partial charge < -0.3 is 10.0 Å². The van der Waals surface area contributed by atoms with Crippen LogP contribution in [0.2, 0.25) is 0 Å². The van der Waals surface area contributed by atoms with E-state index >= 15 is 0 Å². The number of likely N-dealkylation sites (tertiary alicyclic amines) is 1. The van der Waals surface area contributed by atoms with Crippen molar-refractivity contribution >= 4 is 23.6 Å². The van der Waals surface area contributed by atoms with Crippen molar-refractivity contribution in [1.82, 2.24) is 19.7 Å². The van der Waals surface area contributed by atoms with Crippen LogP contribution >= 0.6 is 11.8 Å². The zero-order valence-corrected chi connectivity index (χ0v) is 10.1. The number of hydrogen-bond acceptors (Lipinski definition) is 5. The molecule has 0 spiro atoms. The summed E-state index contributed by atoms with van der Waals surface area (Å²) in [5, 5.41) is 16.6. The maximum Gasteiger partial charge on any atom is 0.313 e. The van der Waals surface area contributed by atoms with Gasteiger partial charge in [-0.3, -0.25) is 14.2 Å². The number of rotatable bonds is 4. The lowest BCUT2D eigenvalue weighted by Crippen LogP contribution is -2.24. The normalized spacial score (nSPS) is 19.9. The standard InChI is InChI=1S/C9H12N4O3S/c1-12-3-2-6(8(12)16)13-5-10-11-9(13)17-4-7(14)15/h5-6H,2-4H2,1H3,(H,14,15). The van der Waals surface area contributed by atoms with Gasteiger partial charge in [0.25, 0.3) is 0 Å². The van der Waals surface area contributed by atoms with Crippen LogP contribution in [0.5, 0.6) is 0 Å². The summed E-state index contributed by atoms with van der Waals surface area (Å²) in [4.78, 5) is 24.0. The minimum atomic E-state index is -0.917. The van der Waals surface area contributed by atoms with Crippen LogP contribution in [0, 0.1) is 0 Å². The Balaban J connectivity index is 2.13. The predicted molar refractivity (Wildman–Crippen MR) is 59.7 cm³/mol. The van der Waals surface area contributed by atoms with Gasteiger partial charge in [0.1, 0.15) is 12.4 Å². The second-order valence-electron chi connectivity index (χ2n) is 3.77. The number of carboxylic acid groups (broad SMARTS) is 1. The average Bonchev–Trinajstić information content (AvgIpc) is 2.85. The van der Waals surface area contributed by atoms with Crippen molar-refractivity contribution in [3.63, 3.8) is 0 Å². The molecule has 1 fully saturated rings. The second kappa shape index (κ2) is 4.74. The highest BCUT2D eigenvalue weighted by Crippen LogP contribution is 2.26. The third kappa shape index (κ3) is 2.41. The molecule has 92 valence electrons. The molecule has 1 saturated heterocycles. The maximum absolute atomic E-state index is 11.8. The molecule has 1 amide bonds. The van der Waals surface area contributed by atoms with Gasteiger partial charge in [0, 0.05) is 13.6 Å². The van der Waals surface area contributed by atoms with Crippen molar-refractivity contribution < 1.29 is 14.7 Å². The highest BCUT2D eigenvalue weighted by molar-refractivity contribution is 7.99. The fourth-order valence-corrected chi connectivity index (χ4v) is 2.42. The molecule has 0 radical (unpaired) electrons. The van der Waals surface area contributed by atoms with Gasteiger partial charge in [-0.2, -0.15) is 0 Å². The van der Waals surface area contributed by atoms with Crippen LogP contribution in [0.3, 0.4) is 0 Å². The van der Waals surface area contributed by atoms with E-state index in [1.165, 1.54) is 6.33 Å². The summed E-state index contributed by atoms with van der Waals surface area (Å²) in [6.45, 7) is 0.699. The van der Waals surface area contributed by atoms with Crippen LogP contribution in [-0.2, 0) is 9.59 Å². The Morgan fingerprint density at radius 2 is 2.47 bits per heavy atom. The lowest BCUT2D eigenvalue weighted by Gasteiger charge is -2.12. The minimum Gasteiger partial charge on any atom is -0.481 e. The first kappa shape index (κ1) is 11.9. The molecule has 2 rings (SSSR count). The monoisotopic (exact) mass is 256 g/mol. The fraction of sp³-hybridized carbons (Fsp3) is 0.556. The SMILES string of the molecule is CN1CCC(n2cnnc2SCC(=O)O)C1=O. The molecule has 7 nitrogen and oxygen atoms in total. The maximum atomic E-state index is 11.8. The Kier molecular flexibility index (Phi) is 3.32. The van der Waals surface area contributed by atoms with E-state index in [1.54, 1.807) is 16.5 Å². The summed E-state index contributed by atoms with van der Waals surface area (Å²) < 4.78 is 1.65. The van der Waals surface area contributed by atoms with Gasteiger partial charge in [-0.1, -0.05) is 11.8 Å². The number of carbonyl (C=O) groups is 2. The van der Waals surface area contributed by atoms with Gasteiger partial charge in [0.15, 0.2) is 5.16 Å². The predicted octanol–water partition coefficient (Wildman–Crippen LogP) is -0.142. The van der Waals surface area contributed by atoms with Gasteiger partial charge in [0.2, 0.25) is 5.91 Å². The molecule has 17 heavy (non-hydrogen) atoms. The Morgan fingerprint density at radius 3 is 3.06 bits per heavy atom. The van der Waals surface area contributed by atoms with Crippen LogP contribution in [0.25, 0.3) is 0 Å². The van der Waals surface area contributed by atoms with Crippen LogP contribution < -0.4 is 0 Å². The van der Waals surface area contributed by atoms with Gasteiger partial charge in [-0.05, 0) is 6.42 Å². The molecular formula is C9H12N4O3S. The zero-order valence-electron chi connectivity index (χ0n) is 9.24. The first-order valence-electron chi connectivity index (χ1n) is 5.08. The first-order chi connectivity index (χ1) is 8.09. The van der Waals surface area contributed by atoms with E-state index in [0.717, 1.165) is 11.8 Å². The van der Waals surface area contributed by atoms with E-state index in [1.807, 2.05) is 0 Å². The van der Waals surface area contributed by atoms with Crippen LogP contribution in [0.4, 0.5) is 0 Å². The third-order valence-electron chi connectivity index (χ3n) is 2.60. The molecule has 1 unspecified atom stereocenters. The molecule has 0 aromatic carbocycles. The Hall–Kier alpha value is -1.57. The number of aromatic nitrogens is 3. The number of thioether (sulfide) groups is 1. The van der Waals surface area contributed by atoms with E-state index in [9.17, 15) is 9.59 Å². The number of carbonyl (C=O) groups excluding carboxylic acids is 1. The van der Waals surface area contributed by atoms with Gasteiger partial charge in [0.05, 0.1) is 5.75 Å². The summed E-state index contributed by atoms with van der Waals surface area (Å²) in [6, 6.07) is -0.300. The van der Waals surface area contributed by atoms with Crippen molar-refractivity contribution in [2.45, 2.75) is 17.6 Å².